The molecule has 0 radical (unpaired) electrons. The van der Waals surface area contributed by atoms with E-state index < -0.39 is 36.3 Å². The van der Waals surface area contributed by atoms with Crippen molar-refractivity contribution in [3.8, 4) is 0 Å². The number of β-amino-alcohol motifs (C(OH)–C–C–N with tert-alkyl or cyclic N) is 1. The third-order valence-corrected chi connectivity index (χ3v) is 3.67. The first-order chi connectivity index (χ1) is 10.3. The van der Waals surface area contributed by atoms with Crippen molar-refractivity contribution in [1.82, 2.24) is 4.90 Å². The maximum absolute atomic E-state index is 13.6. The summed E-state index contributed by atoms with van der Waals surface area (Å²) in [6.07, 6.45) is 2.38. The molecule has 1 heterocycles. The monoisotopic (exact) mass is 310 g/mol. The summed E-state index contributed by atoms with van der Waals surface area (Å²) in [6.45, 7) is -0.710. The Morgan fingerprint density at radius 3 is 2.55 bits per heavy atom. The molecule has 22 heavy (non-hydrogen) atoms. The molecule has 1 aromatic carbocycles. The quantitative estimate of drug-likeness (QED) is 0.806. The van der Waals surface area contributed by atoms with Gasteiger partial charge < -0.3 is 15.7 Å². The molecule has 1 aliphatic rings. The molecule has 0 saturated carbocycles. The van der Waals surface area contributed by atoms with Gasteiger partial charge in [-0.2, -0.15) is 8.78 Å². The number of rotatable bonds is 4. The molecule has 7 heteroatoms. The molecule has 2 amide bonds. The summed E-state index contributed by atoms with van der Waals surface area (Å²) in [5.41, 5.74) is 2.79. The van der Waals surface area contributed by atoms with Crippen LogP contribution in [0, 0.1) is 0 Å². The summed E-state index contributed by atoms with van der Waals surface area (Å²) in [5, 5.41) is 9.93. The Balaban J connectivity index is 2.05. The van der Waals surface area contributed by atoms with E-state index in [2.05, 4.69) is 5.73 Å². The highest BCUT2D eigenvalue weighted by Crippen LogP contribution is 2.36. The van der Waals surface area contributed by atoms with E-state index in [9.17, 15) is 23.5 Å². The van der Waals surface area contributed by atoms with Crippen LogP contribution in [0.5, 0.6) is 0 Å². The predicted octanol–water partition coefficient (Wildman–Crippen LogP) is 0.784. The molecule has 1 atom stereocenters. The summed E-state index contributed by atoms with van der Waals surface area (Å²) >= 11 is 0. The standard InChI is InChI=1S/C15H16F2N2O3/c16-15(17,13(18)21)14(22)8-9-19(10-14)12(20)7-6-11-4-2-1-3-5-11/h1-7,22H,8-10H2,(H2,18,21)/b7-6+. The number of benzene rings is 1. The van der Waals surface area contributed by atoms with Crippen LogP contribution in [-0.2, 0) is 9.59 Å². The van der Waals surface area contributed by atoms with E-state index >= 15 is 0 Å². The van der Waals surface area contributed by atoms with Gasteiger partial charge in [-0.3, -0.25) is 9.59 Å². The molecule has 1 saturated heterocycles. The normalized spacial score (nSPS) is 22.2. The molecule has 0 aromatic heterocycles. The van der Waals surface area contributed by atoms with Gasteiger partial charge in [-0.15, -0.1) is 0 Å². The maximum Gasteiger partial charge on any atom is 0.353 e. The van der Waals surface area contributed by atoms with Crippen LogP contribution >= 0.6 is 0 Å². The molecule has 1 aliphatic heterocycles. The number of alkyl halides is 2. The van der Waals surface area contributed by atoms with Crippen LogP contribution in [0.2, 0.25) is 0 Å². The zero-order chi connectivity index (χ0) is 16.4. The first kappa shape index (κ1) is 16.1. The molecule has 0 spiro atoms. The van der Waals surface area contributed by atoms with Crippen molar-refractivity contribution >= 4 is 17.9 Å². The van der Waals surface area contributed by atoms with Gasteiger partial charge in [-0.1, -0.05) is 30.3 Å². The topological polar surface area (TPSA) is 83.6 Å². The SMILES string of the molecule is NC(=O)C(F)(F)C1(O)CCN(C(=O)/C=C/c2ccccc2)C1. The van der Waals surface area contributed by atoms with E-state index in [-0.39, 0.29) is 6.54 Å². The molecule has 5 nitrogen and oxygen atoms in total. The highest BCUT2D eigenvalue weighted by atomic mass is 19.3. The van der Waals surface area contributed by atoms with E-state index in [1.165, 1.54) is 6.08 Å². The summed E-state index contributed by atoms with van der Waals surface area (Å²) < 4.78 is 27.3. The lowest BCUT2D eigenvalue weighted by Gasteiger charge is -2.29. The number of carbonyl (C=O) groups is 2. The van der Waals surface area contributed by atoms with E-state index in [0.717, 1.165) is 10.5 Å². The average molecular weight is 310 g/mol. The number of amides is 2. The number of nitrogens with zero attached hydrogens (tertiary/aromatic N) is 1. The molecular weight excluding hydrogens is 294 g/mol. The van der Waals surface area contributed by atoms with Crippen molar-refractivity contribution in [3.05, 3.63) is 42.0 Å². The van der Waals surface area contributed by atoms with E-state index in [0.29, 0.717) is 0 Å². The van der Waals surface area contributed by atoms with Crippen molar-refractivity contribution in [2.75, 3.05) is 13.1 Å². The van der Waals surface area contributed by atoms with Gasteiger partial charge in [0.15, 0.2) is 5.60 Å². The lowest BCUT2D eigenvalue weighted by molar-refractivity contribution is -0.186. The lowest BCUT2D eigenvalue weighted by atomic mass is 9.94. The van der Waals surface area contributed by atoms with Gasteiger partial charge in [-0.25, -0.2) is 0 Å². The van der Waals surface area contributed by atoms with Gasteiger partial charge in [-0.05, 0) is 11.6 Å². The molecule has 118 valence electrons. The van der Waals surface area contributed by atoms with Crippen LogP contribution in [0.15, 0.2) is 36.4 Å². The number of hydrogen-bond donors (Lipinski definition) is 2. The third kappa shape index (κ3) is 2.99. The number of halogens is 2. The summed E-state index contributed by atoms with van der Waals surface area (Å²) in [4.78, 5) is 23.8. The van der Waals surface area contributed by atoms with Gasteiger partial charge >= 0.3 is 5.92 Å². The van der Waals surface area contributed by atoms with Crippen LogP contribution in [0.25, 0.3) is 6.08 Å². The minimum atomic E-state index is -4.08. The molecule has 2 rings (SSSR count). The highest BCUT2D eigenvalue weighted by molar-refractivity contribution is 5.92. The number of carbonyl (C=O) groups excluding carboxylic acids is 2. The molecule has 3 N–H and O–H groups in total. The molecule has 1 fully saturated rings. The first-order valence-electron chi connectivity index (χ1n) is 6.68. The second-order valence-electron chi connectivity index (χ2n) is 5.22. The third-order valence-electron chi connectivity index (χ3n) is 3.67. The first-order valence-corrected chi connectivity index (χ1v) is 6.68. The fraction of sp³-hybridized carbons (Fsp3) is 0.333. The minimum absolute atomic E-state index is 0.0721. The molecular formula is C15H16F2N2O3. The van der Waals surface area contributed by atoms with Gasteiger partial charge in [0.1, 0.15) is 0 Å². The van der Waals surface area contributed by atoms with Gasteiger partial charge in [0.05, 0.1) is 6.54 Å². The van der Waals surface area contributed by atoms with Crippen molar-refractivity contribution in [2.45, 2.75) is 17.9 Å². The van der Waals surface area contributed by atoms with Gasteiger partial charge in [0, 0.05) is 19.0 Å². The Labute approximate surface area is 126 Å². The van der Waals surface area contributed by atoms with E-state index in [1.54, 1.807) is 30.3 Å². The summed E-state index contributed by atoms with van der Waals surface area (Å²) in [7, 11) is 0. The Kier molecular flexibility index (Phi) is 4.27. The van der Waals surface area contributed by atoms with Crippen molar-refractivity contribution in [2.24, 2.45) is 5.73 Å². The van der Waals surface area contributed by atoms with Gasteiger partial charge in [0.2, 0.25) is 5.91 Å². The fourth-order valence-corrected chi connectivity index (χ4v) is 2.30. The zero-order valence-electron chi connectivity index (χ0n) is 11.7. The van der Waals surface area contributed by atoms with Crippen LogP contribution < -0.4 is 5.73 Å². The lowest BCUT2D eigenvalue weighted by Crippen LogP contribution is -2.57. The number of nitrogens with two attached hydrogens (primary N) is 1. The molecule has 1 unspecified atom stereocenters. The van der Waals surface area contributed by atoms with E-state index in [1.807, 2.05) is 6.07 Å². The second kappa shape index (κ2) is 5.84. The highest BCUT2D eigenvalue weighted by Gasteiger charge is 2.60. The molecule has 0 aliphatic carbocycles. The minimum Gasteiger partial charge on any atom is -0.381 e. The van der Waals surface area contributed by atoms with Crippen LogP contribution in [-0.4, -0.2) is 46.4 Å². The zero-order valence-corrected chi connectivity index (χ0v) is 11.7. The smallest absolute Gasteiger partial charge is 0.353 e. The van der Waals surface area contributed by atoms with Crippen molar-refractivity contribution in [1.29, 1.82) is 0 Å². The number of hydrogen-bond acceptors (Lipinski definition) is 3. The Morgan fingerprint density at radius 2 is 1.95 bits per heavy atom. The maximum atomic E-state index is 13.6. The number of likely N-dealkylation sites (tertiary alicyclic amines) is 1. The van der Waals surface area contributed by atoms with E-state index in [4.69, 9.17) is 0 Å². The Hall–Kier alpha value is -2.28. The number of aliphatic hydroxyl groups is 1. The Bertz CT molecular complexity index is 604. The molecule has 0 bridgehead atoms. The average Bonchev–Trinajstić information content (AvgIpc) is 2.90. The van der Waals surface area contributed by atoms with Gasteiger partial charge in [0.25, 0.3) is 5.91 Å². The van der Waals surface area contributed by atoms with Crippen LogP contribution in [0.4, 0.5) is 8.78 Å². The van der Waals surface area contributed by atoms with Crippen LogP contribution in [0.3, 0.4) is 0 Å². The van der Waals surface area contributed by atoms with Crippen molar-refractivity contribution in [3.63, 3.8) is 0 Å². The van der Waals surface area contributed by atoms with Crippen LogP contribution in [0.1, 0.15) is 12.0 Å². The summed E-state index contributed by atoms with van der Waals surface area (Å²) in [5.74, 6) is -6.49. The largest absolute Gasteiger partial charge is 0.381 e. The second-order valence-corrected chi connectivity index (χ2v) is 5.22. The Morgan fingerprint density at radius 1 is 1.32 bits per heavy atom. The van der Waals surface area contributed by atoms with Crippen molar-refractivity contribution < 1.29 is 23.5 Å². The summed E-state index contributed by atoms with van der Waals surface area (Å²) in [6, 6.07) is 8.99. The predicted molar refractivity (Wildman–Crippen MR) is 75.8 cm³/mol. The fourth-order valence-electron chi connectivity index (χ4n) is 2.30. The molecule has 1 aromatic rings. The number of primary amides is 1.